The molecule has 0 bridgehead atoms. The molecular formula is C12H12F3N. The predicted octanol–water partition coefficient (Wildman–Crippen LogP) is 3.71. The molecule has 1 nitrogen and oxygen atoms in total. The van der Waals surface area contributed by atoms with Gasteiger partial charge in [0, 0.05) is 12.2 Å². The second-order valence-corrected chi connectivity index (χ2v) is 4.01. The SMILES string of the molecule is C=C(C)c1cc2c(cc1C(F)(F)F)NCC2. The van der Waals surface area contributed by atoms with Crippen LogP contribution in [-0.4, -0.2) is 6.54 Å². The van der Waals surface area contributed by atoms with Crippen molar-refractivity contribution < 1.29 is 13.2 Å². The third kappa shape index (κ3) is 1.79. The van der Waals surface area contributed by atoms with Gasteiger partial charge < -0.3 is 5.32 Å². The minimum Gasteiger partial charge on any atom is -0.384 e. The maximum Gasteiger partial charge on any atom is 0.417 e. The number of rotatable bonds is 1. The van der Waals surface area contributed by atoms with Gasteiger partial charge in [-0.15, -0.1) is 0 Å². The van der Waals surface area contributed by atoms with E-state index in [-0.39, 0.29) is 5.56 Å². The van der Waals surface area contributed by atoms with Gasteiger partial charge in [0.1, 0.15) is 0 Å². The first kappa shape index (κ1) is 11.0. The molecular weight excluding hydrogens is 215 g/mol. The fourth-order valence-electron chi connectivity index (χ4n) is 1.94. The third-order valence-electron chi connectivity index (χ3n) is 2.72. The Morgan fingerprint density at radius 1 is 1.38 bits per heavy atom. The van der Waals surface area contributed by atoms with Crippen molar-refractivity contribution in [1.29, 1.82) is 0 Å². The second-order valence-electron chi connectivity index (χ2n) is 4.01. The number of benzene rings is 1. The van der Waals surface area contributed by atoms with E-state index in [0.29, 0.717) is 17.8 Å². The van der Waals surface area contributed by atoms with Crippen LogP contribution in [0, 0.1) is 0 Å². The predicted molar refractivity (Wildman–Crippen MR) is 58.3 cm³/mol. The summed E-state index contributed by atoms with van der Waals surface area (Å²) >= 11 is 0. The van der Waals surface area contributed by atoms with Gasteiger partial charge in [-0.05, 0) is 36.6 Å². The Labute approximate surface area is 92.0 Å². The first-order valence-corrected chi connectivity index (χ1v) is 5.03. The van der Waals surface area contributed by atoms with Crippen molar-refractivity contribution in [1.82, 2.24) is 0 Å². The van der Waals surface area contributed by atoms with Crippen molar-refractivity contribution in [2.75, 3.05) is 11.9 Å². The third-order valence-corrected chi connectivity index (χ3v) is 2.72. The maximum absolute atomic E-state index is 12.8. The molecule has 16 heavy (non-hydrogen) atoms. The van der Waals surface area contributed by atoms with Gasteiger partial charge in [0.25, 0.3) is 0 Å². The number of hydrogen-bond donors (Lipinski definition) is 1. The van der Waals surface area contributed by atoms with E-state index in [1.165, 1.54) is 6.07 Å². The highest BCUT2D eigenvalue weighted by Crippen LogP contribution is 2.38. The van der Waals surface area contributed by atoms with E-state index in [9.17, 15) is 13.2 Å². The van der Waals surface area contributed by atoms with Gasteiger partial charge in [0.05, 0.1) is 5.56 Å². The van der Waals surface area contributed by atoms with Crippen molar-refractivity contribution in [2.24, 2.45) is 0 Å². The molecule has 1 N–H and O–H groups in total. The summed E-state index contributed by atoms with van der Waals surface area (Å²) in [6, 6.07) is 2.78. The fraction of sp³-hybridized carbons (Fsp3) is 0.333. The van der Waals surface area contributed by atoms with Gasteiger partial charge in [-0.25, -0.2) is 0 Å². The molecule has 0 aromatic heterocycles. The van der Waals surface area contributed by atoms with Gasteiger partial charge >= 0.3 is 6.18 Å². The lowest BCUT2D eigenvalue weighted by molar-refractivity contribution is -0.137. The number of nitrogens with one attached hydrogen (secondary N) is 1. The van der Waals surface area contributed by atoms with Crippen LogP contribution in [0.2, 0.25) is 0 Å². The van der Waals surface area contributed by atoms with Gasteiger partial charge in [-0.1, -0.05) is 12.2 Å². The Kier molecular flexibility index (Phi) is 2.45. The molecule has 0 unspecified atom stereocenters. The van der Waals surface area contributed by atoms with Gasteiger partial charge in [-0.3, -0.25) is 0 Å². The van der Waals surface area contributed by atoms with Crippen LogP contribution in [0.3, 0.4) is 0 Å². The van der Waals surface area contributed by atoms with Crippen molar-refractivity contribution in [2.45, 2.75) is 19.5 Å². The standard InChI is InChI=1S/C12H12F3N/c1-7(2)9-5-8-3-4-16-11(8)6-10(9)12(13,14)15/h5-6,16H,1,3-4H2,2H3. The second kappa shape index (κ2) is 3.54. The minimum absolute atomic E-state index is 0.204. The summed E-state index contributed by atoms with van der Waals surface area (Å²) in [4.78, 5) is 0. The Hall–Kier alpha value is -1.45. The summed E-state index contributed by atoms with van der Waals surface area (Å²) in [5.74, 6) is 0. The molecule has 0 saturated heterocycles. The Balaban J connectivity index is 2.62. The molecule has 0 amide bonds. The molecule has 0 spiro atoms. The number of hydrogen-bond acceptors (Lipinski definition) is 1. The van der Waals surface area contributed by atoms with Crippen LogP contribution in [-0.2, 0) is 12.6 Å². The van der Waals surface area contributed by atoms with E-state index in [1.807, 2.05) is 0 Å². The zero-order valence-corrected chi connectivity index (χ0v) is 8.91. The highest BCUT2D eigenvalue weighted by Gasteiger charge is 2.34. The minimum atomic E-state index is -4.33. The molecule has 0 aliphatic carbocycles. The van der Waals surface area contributed by atoms with Crippen LogP contribution in [0.4, 0.5) is 18.9 Å². The molecule has 1 aromatic carbocycles. The summed E-state index contributed by atoms with van der Waals surface area (Å²) in [7, 11) is 0. The first-order chi connectivity index (χ1) is 7.39. The number of fused-ring (bicyclic) bond motifs is 1. The first-order valence-electron chi connectivity index (χ1n) is 5.03. The molecule has 1 heterocycles. The van der Waals surface area contributed by atoms with E-state index in [0.717, 1.165) is 12.0 Å². The smallest absolute Gasteiger partial charge is 0.384 e. The Morgan fingerprint density at radius 3 is 2.62 bits per heavy atom. The highest BCUT2D eigenvalue weighted by molar-refractivity contribution is 5.71. The maximum atomic E-state index is 12.8. The van der Waals surface area contributed by atoms with Crippen molar-refractivity contribution >= 4 is 11.3 Å². The van der Waals surface area contributed by atoms with Crippen LogP contribution in [0.5, 0.6) is 0 Å². The Bertz CT molecular complexity index is 446. The van der Waals surface area contributed by atoms with Crippen molar-refractivity contribution in [3.05, 3.63) is 35.4 Å². The van der Waals surface area contributed by atoms with Gasteiger partial charge in [0.15, 0.2) is 0 Å². The highest BCUT2D eigenvalue weighted by atomic mass is 19.4. The fourth-order valence-corrected chi connectivity index (χ4v) is 1.94. The number of halogens is 3. The summed E-state index contributed by atoms with van der Waals surface area (Å²) in [5.41, 5.74) is 1.58. The van der Waals surface area contributed by atoms with Crippen molar-refractivity contribution in [3.63, 3.8) is 0 Å². The van der Waals surface area contributed by atoms with Crippen LogP contribution in [0.25, 0.3) is 5.57 Å². The van der Waals surface area contributed by atoms with E-state index >= 15 is 0 Å². The molecule has 1 aliphatic rings. The summed E-state index contributed by atoms with van der Waals surface area (Å²) < 4.78 is 38.4. The van der Waals surface area contributed by atoms with E-state index in [2.05, 4.69) is 11.9 Å². The quantitative estimate of drug-likeness (QED) is 0.771. The van der Waals surface area contributed by atoms with Gasteiger partial charge in [0.2, 0.25) is 0 Å². The largest absolute Gasteiger partial charge is 0.417 e. The molecule has 1 aliphatic heterocycles. The number of alkyl halides is 3. The normalized spacial score (nSPS) is 14.5. The zero-order chi connectivity index (χ0) is 11.9. The summed E-state index contributed by atoms with van der Waals surface area (Å²) in [6.07, 6.45) is -3.55. The lowest BCUT2D eigenvalue weighted by Crippen LogP contribution is -2.09. The van der Waals surface area contributed by atoms with Crippen LogP contribution in [0.1, 0.15) is 23.6 Å². The summed E-state index contributed by atoms with van der Waals surface area (Å²) in [5, 5.41) is 2.95. The average molecular weight is 227 g/mol. The van der Waals surface area contributed by atoms with Crippen LogP contribution in [0.15, 0.2) is 18.7 Å². The van der Waals surface area contributed by atoms with Crippen LogP contribution >= 0.6 is 0 Å². The molecule has 0 radical (unpaired) electrons. The van der Waals surface area contributed by atoms with Crippen molar-refractivity contribution in [3.8, 4) is 0 Å². The van der Waals surface area contributed by atoms with Crippen LogP contribution < -0.4 is 5.32 Å². The molecule has 4 heteroatoms. The van der Waals surface area contributed by atoms with Gasteiger partial charge in [-0.2, -0.15) is 13.2 Å². The van der Waals surface area contributed by atoms with E-state index in [1.54, 1.807) is 13.0 Å². The van der Waals surface area contributed by atoms with E-state index in [4.69, 9.17) is 0 Å². The zero-order valence-electron chi connectivity index (χ0n) is 8.91. The molecule has 0 atom stereocenters. The average Bonchev–Trinajstić information content (AvgIpc) is 2.60. The Morgan fingerprint density at radius 2 is 2.06 bits per heavy atom. The molecule has 2 rings (SSSR count). The monoisotopic (exact) mass is 227 g/mol. The molecule has 86 valence electrons. The lowest BCUT2D eigenvalue weighted by Gasteiger charge is -2.15. The lowest BCUT2D eigenvalue weighted by atomic mass is 9.97. The van der Waals surface area contributed by atoms with E-state index < -0.39 is 11.7 Å². The topological polar surface area (TPSA) is 12.0 Å². The molecule has 0 saturated carbocycles. The molecule has 0 fully saturated rings. The number of anilines is 1. The number of allylic oxidation sites excluding steroid dienone is 1. The summed E-state index contributed by atoms with van der Waals surface area (Å²) in [6.45, 7) is 5.90. The molecule has 1 aromatic rings.